The first kappa shape index (κ1) is 9.26. The van der Waals surface area contributed by atoms with Crippen LogP contribution in [0.25, 0.3) is 0 Å². The summed E-state index contributed by atoms with van der Waals surface area (Å²) in [5.41, 5.74) is 2.46. The number of nitrogens with zero attached hydrogens (tertiary/aromatic N) is 2. The largest absolute Gasteiger partial charge is 0.373 e. The molecular weight excluding hydrogens is 152 g/mol. The van der Waals surface area contributed by atoms with Crippen LogP contribution >= 0.6 is 0 Å². The molecule has 0 atom stereocenters. The number of hydrogen-bond acceptors (Lipinski definition) is 2. The van der Waals surface area contributed by atoms with Gasteiger partial charge < -0.3 is 4.74 Å². The third-order valence-corrected chi connectivity index (χ3v) is 1.84. The number of rotatable bonds is 0. The van der Waals surface area contributed by atoms with E-state index < -0.39 is 0 Å². The van der Waals surface area contributed by atoms with E-state index in [4.69, 9.17) is 4.74 Å². The van der Waals surface area contributed by atoms with Crippen LogP contribution in [0.5, 0.6) is 0 Å². The van der Waals surface area contributed by atoms with Gasteiger partial charge in [0.25, 0.3) is 0 Å². The minimum Gasteiger partial charge on any atom is -0.373 e. The monoisotopic (exact) mass is 168 g/mol. The van der Waals surface area contributed by atoms with E-state index >= 15 is 0 Å². The summed E-state index contributed by atoms with van der Waals surface area (Å²) in [6.45, 7) is 8.50. The Labute approximate surface area is 73.3 Å². The molecule has 3 heteroatoms. The lowest BCUT2D eigenvalue weighted by Gasteiger charge is -2.14. The standard InChI is InChI=1S/C7H10N2O.C2H6/c1-6-4-8-9-2-3-10-5-7(6)9;1-2/h4H,2-3,5H2,1H3;1-2H3. The van der Waals surface area contributed by atoms with Gasteiger partial charge in [-0.15, -0.1) is 0 Å². The van der Waals surface area contributed by atoms with E-state index in [2.05, 4.69) is 12.0 Å². The smallest absolute Gasteiger partial charge is 0.0888 e. The van der Waals surface area contributed by atoms with Crippen molar-refractivity contribution in [3.05, 3.63) is 17.5 Å². The molecule has 2 rings (SSSR count). The van der Waals surface area contributed by atoms with Crippen molar-refractivity contribution in [2.24, 2.45) is 0 Å². The van der Waals surface area contributed by atoms with E-state index in [1.165, 1.54) is 11.3 Å². The molecule has 0 fully saturated rings. The fourth-order valence-electron chi connectivity index (χ4n) is 1.20. The van der Waals surface area contributed by atoms with Crippen molar-refractivity contribution in [1.29, 1.82) is 0 Å². The third kappa shape index (κ3) is 1.67. The molecule has 0 amide bonds. The molecule has 68 valence electrons. The lowest BCUT2D eigenvalue weighted by atomic mass is 10.3. The van der Waals surface area contributed by atoms with Gasteiger partial charge >= 0.3 is 0 Å². The van der Waals surface area contributed by atoms with E-state index in [-0.39, 0.29) is 0 Å². The van der Waals surface area contributed by atoms with E-state index in [1.54, 1.807) is 0 Å². The zero-order valence-electron chi connectivity index (χ0n) is 8.00. The fourth-order valence-corrected chi connectivity index (χ4v) is 1.20. The maximum atomic E-state index is 5.27. The normalized spacial score (nSPS) is 14.6. The summed E-state index contributed by atoms with van der Waals surface area (Å²) >= 11 is 0. The summed E-state index contributed by atoms with van der Waals surface area (Å²) in [6, 6.07) is 0. The molecule has 0 spiro atoms. The summed E-state index contributed by atoms with van der Waals surface area (Å²) in [5, 5.41) is 4.19. The Morgan fingerprint density at radius 3 is 2.92 bits per heavy atom. The molecule has 1 aromatic heterocycles. The molecule has 2 heterocycles. The van der Waals surface area contributed by atoms with Crippen molar-refractivity contribution in [1.82, 2.24) is 9.78 Å². The first-order valence-electron chi connectivity index (χ1n) is 4.47. The number of aromatic nitrogens is 2. The lowest BCUT2D eigenvalue weighted by Crippen LogP contribution is -2.17. The van der Waals surface area contributed by atoms with Crippen molar-refractivity contribution >= 4 is 0 Å². The minimum absolute atomic E-state index is 0.728. The van der Waals surface area contributed by atoms with Crippen LogP contribution in [0.2, 0.25) is 0 Å². The van der Waals surface area contributed by atoms with Gasteiger partial charge in [0.1, 0.15) is 0 Å². The summed E-state index contributed by atoms with van der Waals surface area (Å²) in [4.78, 5) is 0. The predicted molar refractivity (Wildman–Crippen MR) is 48.0 cm³/mol. The second-order valence-corrected chi connectivity index (χ2v) is 2.55. The van der Waals surface area contributed by atoms with E-state index in [9.17, 15) is 0 Å². The van der Waals surface area contributed by atoms with E-state index in [1.807, 2.05) is 24.7 Å². The lowest BCUT2D eigenvalue weighted by molar-refractivity contribution is 0.0796. The van der Waals surface area contributed by atoms with Crippen LogP contribution in [0, 0.1) is 6.92 Å². The van der Waals surface area contributed by atoms with Crippen molar-refractivity contribution < 1.29 is 4.74 Å². The minimum atomic E-state index is 0.728. The molecule has 0 aromatic carbocycles. The molecule has 3 nitrogen and oxygen atoms in total. The van der Waals surface area contributed by atoms with Crippen molar-refractivity contribution in [2.75, 3.05) is 6.61 Å². The third-order valence-electron chi connectivity index (χ3n) is 1.84. The molecule has 1 aliphatic heterocycles. The molecule has 1 aromatic rings. The highest BCUT2D eigenvalue weighted by Crippen LogP contribution is 2.11. The fraction of sp³-hybridized carbons (Fsp3) is 0.667. The highest BCUT2D eigenvalue weighted by Gasteiger charge is 2.11. The van der Waals surface area contributed by atoms with Gasteiger partial charge in [-0.05, 0) is 12.5 Å². The highest BCUT2D eigenvalue weighted by molar-refractivity contribution is 5.15. The SMILES string of the molecule is CC.Cc1cnn2c1COCC2. The van der Waals surface area contributed by atoms with Gasteiger partial charge in [0.05, 0.1) is 31.6 Å². The van der Waals surface area contributed by atoms with Crippen LogP contribution in [0.3, 0.4) is 0 Å². The molecule has 0 bridgehead atoms. The number of aryl methyl sites for hydroxylation is 1. The van der Waals surface area contributed by atoms with Crippen LogP contribution in [0.4, 0.5) is 0 Å². The first-order valence-corrected chi connectivity index (χ1v) is 4.47. The molecule has 12 heavy (non-hydrogen) atoms. The van der Waals surface area contributed by atoms with Crippen LogP contribution < -0.4 is 0 Å². The predicted octanol–water partition coefficient (Wildman–Crippen LogP) is 1.75. The molecule has 0 aliphatic carbocycles. The number of fused-ring (bicyclic) bond motifs is 1. The van der Waals surface area contributed by atoms with Crippen LogP contribution in [0.1, 0.15) is 25.1 Å². The van der Waals surface area contributed by atoms with E-state index in [0.717, 1.165) is 19.8 Å². The molecule has 0 radical (unpaired) electrons. The first-order chi connectivity index (χ1) is 5.88. The van der Waals surface area contributed by atoms with Gasteiger partial charge in [-0.1, -0.05) is 13.8 Å². The average Bonchev–Trinajstić information content (AvgIpc) is 2.53. The van der Waals surface area contributed by atoms with Crippen LogP contribution in [0.15, 0.2) is 6.20 Å². The zero-order valence-corrected chi connectivity index (χ0v) is 8.00. The Bertz CT molecular complexity index is 243. The quantitative estimate of drug-likeness (QED) is 0.590. The zero-order chi connectivity index (χ0) is 8.97. The van der Waals surface area contributed by atoms with Crippen molar-refractivity contribution in [3.63, 3.8) is 0 Å². The van der Waals surface area contributed by atoms with Gasteiger partial charge in [0.15, 0.2) is 0 Å². The highest BCUT2D eigenvalue weighted by atomic mass is 16.5. The Morgan fingerprint density at radius 2 is 2.25 bits per heavy atom. The topological polar surface area (TPSA) is 27.1 Å². The van der Waals surface area contributed by atoms with Crippen LogP contribution in [-0.4, -0.2) is 16.4 Å². The second-order valence-electron chi connectivity index (χ2n) is 2.55. The molecular formula is C9H16N2O. The molecule has 0 saturated carbocycles. The van der Waals surface area contributed by atoms with Gasteiger partial charge in [-0.3, -0.25) is 4.68 Å². The van der Waals surface area contributed by atoms with Crippen molar-refractivity contribution in [3.8, 4) is 0 Å². The summed E-state index contributed by atoms with van der Waals surface area (Å²) in [6.07, 6.45) is 1.89. The number of hydrogen-bond donors (Lipinski definition) is 0. The van der Waals surface area contributed by atoms with Gasteiger partial charge in [0.2, 0.25) is 0 Å². The molecule has 0 unspecified atom stereocenters. The van der Waals surface area contributed by atoms with E-state index in [0.29, 0.717) is 0 Å². The number of ether oxygens (including phenoxy) is 1. The van der Waals surface area contributed by atoms with Gasteiger partial charge in [-0.25, -0.2) is 0 Å². The maximum Gasteiger partial charge on any atom is 0.0888 e. The van der Waals surface area contributed by atoms with Crippen LogP contribution in [-0.2, 0) is 17.9 Å². The van der Waals surface area contributed by atoms with Gasteiger partial charge in [0, 0.05) is 0 Å². The Hall–Kier alpha value is -0.830. The summed E-state index contributed by atoms with van der Waals surface area (Å²) in [7, 11) is 0. The Morgan fingerprint density at radius 1 is 1.50 bits per heavy atom. The van der Waals surface area contributed by atoms with Crippen molar-refractivity contribution in [2.45, 2.75) is 33.9 Å². The Kier molecular flexibility index (Phi) is 3.29. The molecule has 1 aliphatic rings. The summed E-state index contributed by atoms with van der Waals surface area (Å²) < 4.78 is 7.29. The van der Waals surface area contributed by atoms with Gasteiger partial charge in [-0.2, -0.15) is 5.10 Å². The molecule has 0 saturated heterocycles. The average molecular weight is 168 g/mol. The molecule has 0 N–H and O–H groups in total. The second kappa shape index (κ2) is 4.26. The maximum absolute atomic E-state index is 5.27. The summed E-state index contributed by atoms with van der Waals surface area (Å²) in [5.74, 6) is 0. The Balaban J connectivity index is 0.000000336.